The zero-order valence-electron chi connectivity index (χ0n) is 14.7. The van der Waals surface area contributed by atoms with Crippen molar-refractivity contribution in [3.8, 4) is 0 Å². The van der Waals surface area contributed by atoms with Crippen molar-refractivity contribution in [2.75, 3.05) is 19.7 Å². The SMILES string of the molecule is Cc1cn(C)c(C2CN(C(=O)c3ccc4oc(C)cc4c3)CCO2)n1. The van der Waals surface area contributed by atoms with Crippen molar-refractivity contribution in [3.05, 3.63) is 53.3 Å². The Bertz CT molecular complexity index is 941. The van der Waals surface area contributed by atoms with Crippen molar-refractivity contribution in [2.45, 2.75) is 20.0 Å². The minimum absolute atomic E-state index is 0.0139. The molecule has 0 bridgehead atoms. The summed E-state index contributed by atoms with van der Waals surface area (Å²) in [6.07, 6.45) is 1.77. The number of imidazole rings is 1. The van der Waals surface area contributed by atoms with E-state index in [-0.39, 0.29) is 12.0 Å². The van der Waals surface area contributed by atoms with Gasteiger partial charge in [0, 0.05) is 30.7 Å². The number of hydrogen-bond donors (Lipinski definition) is 0. The number of rotatable bonds is 2. The molecule has 6 heteroatoms. The van der Waals surface area contributed by atoms with Gasteiger partial charge in [0.15, 0.2) is 0 Å². The second-order valence-electron chi connectivity index (χ2n) is 6.57. The van der Waals surface area contributed by atoms with Crippen LogP contribution in [0.15, 0.2) is 34.9 Å². The van der Waals surface area contributed by atoms with Crippen LogP contribution in [0.5, 0.6) is 0 Å². The smallest absolute Gasteiger partial charge is 0.254 e. The molecule has 1 unspecified atom stereocenters. The first-order chi connectivity index (χ1) is 12.0. The highest BCUT2D eigenvalue weighted by molar-refractivity contribution is 5.97. The predicted octanol–water partition coefficient (Wildman–Crippen LogP) is 3.00. The van der Waals surface area contributed by atoms with Crippen molar-refractivity contribution in [1.82, 2.24) is 14.5 Å². The summed E-state index contributed by atoms with van der Waals surface area (Å²) in [7, 11) is 1.95. The Morgan fingerprint density at radius 1 is 1.28 bits per heavy atom. The lowest BCUT2D eigenvalue weighted by Crippen LogP contribution is -2.42. The second-order valence-corrected chi connectivity index (χ2v) is 6.57. The molecule has 0 spiro atoms. The van der Waals surface area contributed by atoms with Gasteiger partial charge in [0.05, 0.1) is 18.8 Å². The zero-order chi connectivity index (χ0) is 17.6. The van der Waals surface area contributed by atoms with Crippen LogP contribution in [-0.2, 0) is 11.8 Å². The topological polar surface area (TPSA) is 60.5 Å². The summed E-state index contributed by atoms with van der Waals surface area (Å²) >= 11 is 0. The maximum Gasteiger partial charge on any atom is 0.254 e. The molecule has 6 nitrogen and oxygen atoms in total. The monoisotopic (exact) mass is 339 g/mol. The first-order valence-corrected chi connectivity index (χ1v) is 8.42. The van der Waals surface area contributed by atoms with Crippen molar-refractivity contribution >= 4 is 16.9 Å². The second kappa shape index (κ2) is 6.04. The number of fused-ring (bicyclic) bond motifs is 1. The molecule has 1 fully saturated rings. The largest absolute Gasteiger partial charge is 0.461 e. The number of aryl methyl sites for hydroxylation is 3. The van der Waals surface area contributed by atoms with E-state index in [0.717, 1.165) is 28.2 Å². The number of nitrogens with zero attached hydrogens (tertiary/aromatic N) is 3. The average Bonchev–Trinajstić information content (AvgIpc) is 3.14. The van der Waals surface area contributed by atoms with Gasteiger partial charge in [-0.3, -0.25) is 4.79 Å². The Labute approximate surface area is 146 Å². The summed E-state index contributed by atoms with van der Waals surface area (Å²) in [6, 6.07) is 7.52. The van der Waals surface area contributed by atoms with E-state index in [4.69, 9.17) is 9.15 Å². The van der Waals surface area contributed by atoms with Crippen LogP contribution in [0.25, 0.3) is 11.0 Å². The molecular weight excluding hydrogens is 318 g/mol. The number of ether oxygens (including phenoxy) is 1. The molecule has 1 amide bonds. The van der Waals surface area contributed by atoms with Gasteiger partial charge >= 0.3 is 0 Å². The van der Waals surface area contributed by atoms with E-state index in [1.807, 2.05) is 60.8 Å². The Balaban J connectivity index is 1.57. The maximum atomic E-state index is 12.9. The van der Waals surface area contributed by atoms with Gasteiger partial charge in [0.2, 0.25) is 0 Å². The molecule has 0 N–H and O–H groups in total. The van der Waals surface area contributed by atoms with Gasteiger partial charge in [-0.2, -0.15) is 0 Å². The molecule has 0 aliphatic carbocycles. The molecule has 0 saturated carbocycles. The van der Waals surface area contributed by atoms with E-state index >= 15 is 0 Å². The highest BCUT2D eigenvalue weighted by atomic mass is 16.5. The van der Waals surface area contributed by atoms with Crippen molar-refractivity contribution in [2.24, 2.45) is 7.05 Å². The molecule has 1 aliphatic heterocycles. The molecule has 25 heavy (non-hydrogen) atoms. The number of carbonyl (C=O) groups excluding carboxylic acids is 1. The molecule has 3 heterocycles. The van der Waals surface area contributed by atoms with Gasteiger partial charge in [-0.05, 0) is 38.1 Å². The van der Waals surface area contributed by atoms with E-state index in [9.17, 15) is 4.79 Å². The van der Waals surface area contributed by atoms with Crippen LogP contribution in [0.4, 0.5) is 0 Å². The van der Waals surface area contributed by atoms with E-state index in [2.05, 4.69) is 4.98 Å². The standard InChI is InChI=1S/C19H21N3O3/c1-12-10-21(3)18(20-12)17-11-22(6-7-24-17)19(23)14-4-5-16-15(9-14)8-13(2)25-16/h4-5,8-10,17H,6-7,11H2,1-3H3. The van der Waals surface area contributed by atoms with Crippen LogP contribution in [0.1, 0.15) is 33.7 Å². The number of aromatic nitrogens is 2. The molecular formula is C19H21N3O3. The minimum atomic E-state index is -0.198. The van der Waals surface area contributed by atoms with Crippen LogP contribution in [-0.4, -0.2) is 40.1 Å². The van der Waals surface area contributed by atoms with Gasteiger partial charge < -0.3 is 18.6 Å². The maximum absolute atomic E-state index is 12.9. The predicted molar refractivity (Wildman–Crippen MR) is 93.5 cm³/mol. The molecule has 130 valence electrons. The van der Waals surface area contributed by atoms with E-state index in [0.29, 0.717) is 25.3 Å². The number of amides is 1. The third-order valence-corrected chi connectivity index (χ3v) is 4.56. The van der Waals surface area contributed by atoms with Gasteiger partial charge in [0.25, 0.3) is 5.91 Å². The number of carbonyl (C=O) groups is 1. The molecule has 1 aromatic carbocycles. The summed E-state index contributed by atoms with van der Waals surface area (Å²) in [6.45, 7) is 5.46. The molecule has 4 rings (SSSR count). The quantitative estimate of drug-likeness (QED) is 0.720. The fourth-order valence-corrected chi connectivity index (χ4v) is 3.42. The minimum Gasteiger partial charge on any atom is -0.461 e. The Morgan fingerprint density at radius 2 is 2.12 bits per heavy atom. The summed E-state index contributed by atoms with van der Waals surface area (Å²) in [5, 5.41) is 0.952. The van der Waals surface area contributed by atoms with Gasteiger partial charge in [-0.15, -0.1) is 0 Å². The van der Waals surface area contributed by atoms with Crippen LogP contribution >= 0.6 is 0 Å². The number of hydrogen-bond acceptors (Lipinski definition) is 4. The molecule has 3 aromatic rings. The van der Waals surface area contributed by atoms with Crippen molar-refractivity contribution in [3.63, 3.8) is 0 Å². The first-order valence-electron chi connectivity index (χ1n) is 8.42. The molecule has 1 atom stereocenters. The van der Waals surface area contributed by atoms with E-state index in [1.54, 1.807) is 0 Å². The number of furan rings is 1. The molecule has 0 radical (unpaired) electrons. The summed E-state index contributed by atoms with van der Waals surface area (Å²) in [5.74, 6) is 1.71. The third kappa shape index (κ3) is 2.93. The van der Waals surface area contributed by atoms with Crippen LogP contribution < -0.4 is 0 Å². The van der Waals surface area contributed by atoms with Gasteiger partial charge in [-0.1, -0.05) is 0 Å². The van der Waals surface area contributed by atoms with Crippen LogP contribution in [0.2, 0.25) is 0 Å². The fraction of sp³-hybridized carbons (Fsp3) is 0.368. The van der Waals surface area contributed by atoms with E-state index < -0.39 is 0 Å². The zero-order valence-corrected chi connectivity index (χ0v) is 14.7. The van der Waals surface area contributed by atoms with Gasteiger partial charge in [0.1, 0.15) is 23.3 Å². The molecule has 1 saturated heterocycles. The average molecular weight is 339 g/mol. The van der Waals surface area contributed by atoms with Crippen LogP contribution in [0.3, 0.4) is 0 Å². The number of benzene rings is 1. The van der Waals surface area contributed by atoms with Gasteiger partial charge in [-0.25, -0.2) is 4.98 Å². The Kier molecular flexibility index (Phi) is 3.84. The highest BCUT2D eigenvalue weighted by Gasteiger charge is 2.28. The van der Waals surface area contributed by atoms with Crippen molar-refractivity contribution < 1.29 is 13.9 Å². The van der Waals surface area contributed by atoms with Crippen LogP contribution in [0, 0.1) is 13.8 Å². The lowest BCUT2D eigenvalue weighted by Gasteiger charge is -2.32. The fourth-order valence-electron chi connectivity index (χ4n) is 3.42. The summed E-state index contributed by atoms with van der Waals surface area (Å²) in [4.78, 5) is 19.3. The lowest BCUT2D eigenvalue weighted by atomic mass is 10.1. The summed E-state index contributed by atoms with van der Waals surface area (Å²) < 4.78 is 13.4. The first kappa shape index (κ1) is 15.9. The Hall–Kier alpha value is -2.60. The normalized spacial score (nSPS) is 18.0. The number of morpholine rings is 1. The van der Waals surface area contributed by atoms with Crippen molar-refractivity contribution in [1.29, 1.82) is 0 Å². The molecule has 1 aliphatic rings. The van der Waals surface area contributed by atoms with E-state index in [1.165, 1.54) is 0 Å². The lowest BCUT2D eigenvalue weighted by molar-refractivity contribution is -0.0279. The highest BCUT2D eigenvalue weighted by Crippen LogP contribution is 2.24. The summed E-state index contributed by atoms with van der Waals surface area (Å²) in [5.41, 5.74) is 2.42. The third-order valence-electron chi connectivity index (χ3n) is 4.56. The molecule has 2 aromatic heterocycles. The Morgan fingerprint density at radius 3 is 2.88 bits per heavy atom.